The molecule has 0 saturated heterocycles. The topological polar surface area (TPSA) is 46.5 Å². The van der Waals surface area contributed by atoms with Gasteiger partial charge in [0.2, 0.25) is 5.78 Å². The Morgan fingerprint density at radius 3 is 2.38 bits per heavy atom. The fraction of sp³-hybridized carbons (Fsp3) is 0. The molecule has 0 atom stereocenters. The molecule has 1 N–H and O–H groups in total. The Balaban J connectivity index is 2.02. The zero-order valence-electron chi connectivity index (χ0n) is 10.4. The molecule has 0 radical (unpaired) electrons. The highest BCUT2D eigenvalue weighted by Gasteiger charge is 2.27. The zero-order valence-corrected chi connectivity index (χ0v) is 12.6. The van der Waals surface area contributed by atoms with Crippen molar-refractivity contribution in [1.29, 1.82) is 0 Å². The lowest BCUT2D eigenvalue weighted by Crippen LogP contribution is -1.98. The molecular formula is C15H7Cl3O3. The van der Waals surface area contributed by atoms with Crippen molar-refractivity contribution in [1.82, 2.24) is 0 Å². The normalized spacial score (nSPS) is 15.2. The number of carbonyl (C=O) groups excluding carboxylic acids is 1. The molecule has 21 heavy (non-hydrogen) atoms. The van der Waals surface area contributed by atoms with Crippen molar-refractivity contribution in [2.75, 3.05) is 0 Å². The van der Waals surface area contributed by atoms with Gasteiger partial charge in [-0.3, -0.25) is 4.79 Å². The monoisotopic (exact) mass is 340 g/mol. The summed E-state index contributed by atoms with van der Waals surface area (Å²) in [5, 5.41) is 10.2. The summed E-state index contributed by atoms with van der Waals surface area (Å²) in [7, 11) is 0. The van der Waals surface area contributed by atoms with Crippen LogP contribution in [-0.2, 0) is 0 Å². The standard InChI is InChI=1S/C15H7Cl3O3/c16-8-1-2-12-9(6-8)14(19)13(21-12)5-7-3-10(17)15(20)11(18)4-7/h1-6,20H/b13-5-. The van der Waals surface area contributed by atoms with E-state index in [9.17, 15) is 9.90 Å². The van der Waals surface area contributed by atoms with Crippen LogP contribution < -0.4 is 4.74 Å². The molecule has 106 valence electrons. The summed E-state index contributed by atoms with van der Waals surface area (Å²) in [6.45, 7) is 0. The number of aromatic hydroxyl groups is 1. The number of halogens is 3. The van der Waals surface area contributed by atoms with E-state index in [2.05, 4.69) is 0 Å². The lowest BCUT2D eigenvalue weighted by Gasteiger charge is -2.03. The highest BCUT2D eigenvalue weighted by atomic mass is 35.5. The highest BCUT2D eigenvalue weighted by molar-refractivity contribution is 6.37. The molecule has 2 aromatic rings. The molecule has 1 aliphatic heterocycles. The van der Waals surface area contributed by atoms with E-state index in [1.165, 1.54) is 18.2 Å². The van der Waals surface area contributed by atoms with Gasteiger partial charge in [0.05, 0.1) is 15.6 Å². The van der Waals surface area contributed by atoms with Crippen LogP contribution in [0.25, 0.3) is 6.08 Å². The third kappa shape index (κ3) is 2.60. The highest BCUT2D eigenvalue weighted by Crippen LogP contribution is 2.36. The van der Waals surface area contributed by atoms with Crippen LogP contribution in [0.5, 0.6) is 11.5 Å². The summed E-state index contributed by atoms with van der Waals surface area (Å²) >= 11 is 17.6. The molecule has 3 nitrogen and oxygen atoms in total. The van der Waals surface area contributed by atoms with Gasteiger partial charge in [0.25, 0.3) is 0 Å². The van der Waals surface area contributed by atoms with Crippen molar-refractivity contribution in [3.05, 3.63) is 62.3 Å². The smallest absolute Gasteiger partial charge is 0.232 e. The van der Waals surface area contributed by atoms with Gasteiger partial charge in [-0.05, 0) is 42.0 Å². The first kappa shape index (κ1) is 14.3. The third-order valence-corrected chi connectivity index (χ3v) is 3.78. The van der Waals surface area contributed by atoms with Crippen molar-refractivity contribution in [3.8, 4) is 11.5 Å². The van der Waals surface area contributed by atoms with Crippen LogP contribution in [0.15, 0.2) is 36.1 Å². The molecule has 0 aromatic heterocycles. The minimum Gasteiger partial charge on any atom is -0.505 e. The van der Waals surface area contributed by atoms with Crippen LogP contribution in [0.2, 0.25) is 15.1 Å². The molecule has 6 heteroatoms. The Bertz CT molecular complexity index is 774. The van der Waals surface area contributed by atoms with Crippen molar-refractivity contribution in [2.24, 2.45) is 0 Å². The molecule has 0 bridgehead atoms. The second-order valence-electron chi connectivity index (χ2n) is 4.41. The summed E-state index contributed by atoms with van der Waals surface area (Å²) in [6, 6.07) is 7.81. The lowest BCUT2D eigenvalue weighted by molar-refractivity contribution is 0.101. The number of rotatable bonds is 1. The number of hydrogen-bond acceptors (Lipinski definition) is 3. The van der Waals surface area contributed by atoms with Crippen molar-refractivity contribution < 1.29 is 14.6 Å². The molecule has 0 fully saturated rings. The number of ketones is 1. The van der Waals surface area contributed by atoms with Gasteiger partial charge in [-0.15, -0.1) is 0 Å². The van der Waals surface area contributed by atoms with Gasteiger partial charge in [-0.1, -0.05) is 34.8 Å². The maximum Gasteiger partial charge on any atom is 0.232 e. The maximum atomic E-state index is 12.2. The molecule has 0 unspecified atom stereocenters. The summed E-state index contributed by atoms with van der Waals surface area (Å²) in [5.41, 5.74) is 0.953. The van der Waals surface area contributed by atoms with Gasteiger partial charge in [0, 0.05) is 5.02 Å². The van der Waals surface area contributed by atoms with E-state index in [0.717, 1.165) is 0 Å². The number of hydrogen-bond donors (Lipinski definition) is 1. The molecule has 0 amide bonds. The third-order valence-electron chi connectivity index (χ3n) is 2.97. The molecule has 2 aromatic carbocycles. The molecule has 1 heterocycles. The number of fused-ring (bicyclic) bond motifs is 1. The van der Waals surface area contributed by atoms with Crippen LogP contribution in [0.3, 0.4) is 0 Å². The van der Waals surface area contributed by atoms with Crippen LogP contribution in [0.1, 0.15) is 15.9 Å². The quantitative estimate of drug-likeness (QED) is 0.745. The number of phenolic OH excluding ortho intramolecular Hbond substituents is 1. The SMILES string of the molecule is O=C1/C(=C/c2cc(Cl)c(O)c(Cl)c2)Oc2ccc(Cl)cc21. The van der Waals surface area contributed by atoms with E-state index < -0.39 is 0 Å². The average molecular weight is 342 g/mol. The number of ether oxygens (including phenoxy) is 1. The van der Waals surface area contributed by atoms with E-state index in [1.807, 2.05) is 0 Å². The van der Waals surface area contributed by atoms with E-state index in [0.29, 0.717) is 21.9 Å². The van der Waals surface area contributed by atoms with Gasteiger partial charge in [0.15, 0.2) is 11.5 Å². The summed E-state index contributed by atoms with van der Waals surface area (Å²) in [5.74, 6) is 0.124. The van der Waals surface area contributed by atoms with Gasteiger partial charge in [-0.25, -0.2) is 0 Å². The Morgan fingerprint density at radius 2 is 1.71 bits per heavy atom. The van der Waals surface area contributed by atoms with Crippen molar-refractivity contribution in [3.63, 3.8) is 0 Å². The van der Waals surface area contributed by atoms with Crippen LogP contribution in [0.4, 0.5) is 0 Å². The van der Waals surface area contributed by atoms with E-state index >= 15 is 0 Å². The first-order chi connectivity index (χ1) is 9.95. The lowest BCUT2D eigenvalue weighted by atomic mass is 10.1. The minimum absolute atomic E-state index is 0.0976. The first-order valence-corrected chi connectivity index (χ1v) is 7.01. The molecule has 0 aliphatic carbocycles. The Morgan fingerprint density at radius 1 is 1.05 bits per heavy atom. The first-order valence-electron chi connectivity index (χ1n) is 5.87. The fourth-order valence-corrected chi connectivity index (χ4v) is 2.66. The Hall–Kier alpha value is -1.68. The maximum absolute atomic E-state index is 12.2. The fourth-order valence-electron chi connectivity index (χ4n) is 1.98. The number of phenols is 1. The molecular weight excluding hydrogens is 335 g/mol. The van der Waals surface area contributed by atoms with Gasteiger partial charge in [-0.2, -0.15) is 0 Å². The summed E-state index contributed by atoms with van der Waals surface area (Å²) in [6.07, 6.45) is 1.51. The van der Waals surface area contributed by atoms with Gasteiger partial charge in [0.1, 0.15) is 5.75 Å². The van der Waals surface area contributed by atoms with Crippen molar-refractivity contribution in [2.45, 2.75) is 0 Å². The second-order valence-corrected chi connectivity index (χ2v) is 5.66. The molecule has 0 spiro atoms. The Labute approximate surface area is 135 Å². The zero-order chi connectivity index (χ0) is 15.1. The largest absolute Gasteiger partial charge is 0.505 e. The number of carbonyl (C=O) groups is 1. The van der Waals surface area contributed by atoms with Gasteiger partial charge >= 0.3 is 0 Å². The number of allylic oxidation sites excluding steroid dienone is 1. The van der Waals surface area contributed by atoms with Crippen molar-refractivity contribution >= 4 is 46.7 Å². The van der Waals surface area contributed by atoms with E-state index in [1.54, 1.807) is 18.2 Å². The summed E-state index contributed by atoms with van der Waals surface area (Å²) < 4.78 is 5.49. The van der Waals surface area contributed by atoms with Crippen LogP contribution in [-0.4, -0.2) is 10.9 Å². The van der Waals surface area contributed by atoms with E-state index in [-0.39, 0.29) is 27.3 Å². The predicted octanol–water partition coefficient (Wildman–Crippen LogP) is 4.97. The number of benzene rings is 2. The predicted molar refractivity (Wildman–Crippen MR) is 82.5 cm³/mol. The second kappa shape index (κ2) is 5.26. The van der Waals surface area contributed by atoms with Crippen LogP contribution >= 0.6 is 34.8 Å². The molecule has 0 saturated carbocycles. The number of Topliss-reactive ketones (excluding diaryl/α,β-unsaturated/α-hetero) is 1. The summed E-state index contributed by atoms with van der Waals surface area (Å²) in [4.78, 5) is 12.2. The Kier molecular flexibility index (Phi) is 3.57. The minimum atomic E-state index is -0.271. The van der Waals surface area contributed by atoms with E-state index in [4.69, 9.17) is 39.5 Å². The molecule has 3 rings (SSSR count). The average Bonchev–Trinajstić information content (AvgIpc) is 2.73. The molecule has 1 aliphatic rings. The van der Waals surface area contributed by atoms with Crippen LogP contribution in [0, 0.1) is 0 Å². The van der Waals surface area contributed by atoms with Gasteiger partial charge < -0.3 is 9.84 Å².